The van der Waals surface area contributed by atoms with Crippen LogP contribution in [0.3, 0.4) is 0 Å². The number of carbonyl (C=O) groups excluding carboxylic acids is 2. The molecule has 0 spiro atoms. The number of hydrogen-bond acceptors (Lipinski definition) is 3. The molecule has 0 bridgehead atoms. The summed E-state index contributed by atoms with van der Waals surface area (Å²) in [5.41, 5.74) is 1.49. The van der Waals surface area contributed by atoms with E-state index in [1.165, 1.54) is 6.08 Å². The molecule has 0 atom stereocenters. The van der Waals surface area contributed by atoms with Gasteiger partial charge in [-0.15, -0.1) is 0 Å². The molecule has 1 N–H and O–H groups in total. The van der Waals surface area contributed by atoms with E-state index in [4.69, 9.17) is 16.3 Å². The Hall–Kier alpha value is -3.11. The Labute approximate surface area is 156 Å². The van der Waals surface area contributed by atoms with Crippen molar-refractivity contribution in [2.24, 2.45) is 0 Å². The zero-order valence-electron chi connectivity index (χ0n) is 13.8. The Morgan fingerprint density at radius 2 is 1.69 bits per heavy atom. The van der Waals surface area contributed by atoms with Crippen LogP contribution in [0, 0.1) is 0 Å². The number of rotatable bonds is 5. The smallest absolute Gasteiger partial charge is 0.331 e. The number of carbonyl (C=O) groups is 2. The SMILES string of the molecule is O=C(COC(=O)/C=C/c1ccc(Cl)cc1)Nc1cccc2ccccc12. The highest BCUT2D eigenvalue weighted by Crippen LogP contribution is 2.22. The summed E-state index contributed by atoms with van der Waals surface area (Å²) in [5.74, 6) is -0.984. The maximum Gasteiger partial charge on any atom is 0.331 e. The highest BCUT2D eigenvalue weighted by Gasteiger charge is 2.08. The number of halogens is 1. The van der Waals surface area contributed by atoms with Crippen molar-refractivity contribution in [3.63, 3.8) is 0 Å². The second-order valence-corrected chi connectivity index (χ2v) is 6.00. The van der Waals surface area contributed by atoms with Crippen molar-refractivity contribution in [1.82, 2.24) is 0 Å². The van der Waals surface area contributed by atoms with E-state index in [-0.39, 0.29) is 6.61 Å². The molecule has 0 saturated carbocycles. The third kappa shape index (κ3) is 4.71. The summed E-state index contributed by atoms with van der Waals surface area (Å²) < 4.78 is 4.97. The van der Waals surface area contributed by atoms with Gasteiger partial charge < -0.3 is 10.1 Å². The van der Waals surface area contributed by atoms with E-state index in [0.29, 0.717) is 10.7 Å². The molecule has 0 aliphatic heterocycles. The lowest BCUT2D eigenvalue weighted by atomic mass is 10.1. The van der Waals surface area contributed by atoms with E-state index in [0.717, 1.165) is 16.3 Å². The number of anilines is 1. The first-order chi connectivity index (χ1) is 12.6. The summed E-state index contributed by atoms with van der Waals surface area (Å²) in [5, 5.41) is 5.34. The van der Waals surface area contributed by atoms with Crippen LogP contribution >= 0.6 is 11.6 Å². The number of ether oxygens (including phenoxy) is 1. The molecule has 0 saturated heterocycles. The maximum atomic E-state index is 12.0. The predicted molar refractivity (Wildman–Crippen MR) is 104 cm³/mol. The first-order valence-corrected chi connectivity index (χ1v) is 8.37. The average Bonchev–Trinajstić information content (AvgIpc) is 2.66. The third-order valence-electron chi connectivity index (χ3n) is 3.69. The minimum absolute atomic E-state index is 0.354. The van der Waals surface area contributed by atoms with Crippen LogP contribution in [0.1, 0.15) is 5.56 Å². The molecule has 3 aromatic carbocycles. The number of fused-ring (bicyclic) bond motifs is 1. The summed E-state index contributed by atoms with van der Waals surface area (Å²) >= 11 is 5.80. The summed E-state index contributed by atoms with van der Waals surface area (Å²) in [6.07, 6.45) is 2.87. The first kappa shape index (κ1) is 17.7. The van der Waals surface area contributed by atoms with E-state index in [1.807, 2.05) is 42.5 Å². The lowest BCUT2D eigenvalue weighted by Gasteiger charge is -2.08. The summed E-state index contributed by atoms with van der Waals surface area (Å²) in [7, 11) is 0. The molecule has 3 aromatic rings. The van der Waals surface area contributed by atoms with Crippen LogP contribution < -0.4 is 5.32 Å². The molecule has 0 aliphatic carbocycles. The number of amides is 1. The van der Waals surface area contributed by atoms with Crippen molar-refractivity contribution >= 4 is 46.0 Å². The van der Waals surface area contributed by atoms with E-state index in [2.05, 4.69) is 5.32 Å². The van der Waals surface area contributed by atoms with Crippen LogP contribution in [0.5, 0.6) is 0 Å². The van der Waals surface area contributed by atoms with E-state index in [1.54, 1.807) is 30.3 Å². The van der Waals surface area contributed by atoms with Crippen LogP contribution in [0.25, 0.3) is 16.8 Å². The fourth-order valence-electron chi connectivity index (χ4n) is 2.44. The van der Waals surface area contributed by atoms with Gasteiger partial charge in [0.05, 0.1) is 0 Å². The van der Waals surface area contributed by atoms with Crippen LogP contribution in [0.15, 0.2) is 72.8 Å². The molecule has 0 aromatic heterocycles. The standard InChI is InChI=1S/C21H16ClNO3/c22-17-11-8-15(9-12-17)10-13-21(25)26-14-20(24)23-19-7-3-5-16-4-1-2-6-18(16)19/h1-13H,14H2,(H,23,24)/b13-10+. The normalized spacial score (nSPS) is 10.8. The topological polar surface area (TPSA) is 55.4 Å². The zero-order valence-corrected chi connectivity index (χ0v) is 14.6. The monoisotopic (exact) mass is 365 g/mol. The third-order valence-corrected chi connectivity index (χ3v) is 3.94. The summed E-state index contributed by atoms with van der Waals surface area (Å²) in [6.45, 7) is -0.354. The second-order valence-electron chi connectivity index (χ2n) is 5.57. The minimum atomic E-state index is -0.590. The number of esters is 1. The van der Waals surface area contributed by atoms with Gasteiger partial charge >= 0.3 is 5.97 Å². The lowest BCUT2D eigenvalue weighted by Crippen LogP contribution is -2.20. The van der Waals surface area contributed by atoms with Gasteiger partial charge in [-0.3, -0.25) is 4.79 Å². The molecule has 4 nitrogen and oxygen atoms in total. The van der Waals surface area contributed by atoms with Crippen LogP contribution in [0.2, 0.25) is 5.02 Å². The van der Waals surface area contributed by atoms with Crippen molar-refractivity contribution in [2.75, 3.05) is 11.9 Å². The van der Waals surface area contributed by atoms with Gasteiger partial charge in [-0.2, -0.15) is 0 Å². The van der Waals surface area contributed by atoms with Crippen molar-refractivity contribution in [3.8, 4) is 0 Å². The van der Waals surface area contributed by atoms with Gasteiger partial charge in [0, 0.05) is 22.2 Å². The number of nitrogens with one attached hydrogen (secondary N) is 1. The van der Waals surface area contributed by atoms with Crippen molar-refractivity contribution in [2.45, 2.75) is 0 Å². The van der Waals surface area contributed by atoms with E-state index in [9.17, 15) is 9.59 Å². The van der Waals surface area contributed by atoms with Gasteiger partial charge in [-0.05, 0) is 35.2 Å². The minimum Gasteiger partial charge on any atom is -0.452 e. The Bertz CT molecular complexity index is 959. The second kappa shape index (κ2) is 8.32. The quantitative estimate of drug-likeness (QED) is 0.527. The van der Waals surface area contributed by atoms with Gasteiger partial charge in [0.2, 0.25) is 0 Å². The molecule has 5 heteroatoms. The van der Waals surface area contributed by atoms with Crippen LogP contribution in [-0.2, 0) is 14.3 Å². The molecular formula is C21H16ClNO3. The molecule has 0 aliphatic rings. The summed E-state index contributed by atoms with van der Waals surface area (Å²) in [4.78, 5) is 23.8. The Morgan fingerprint density at radius 3 is 2.50 bits per heavy atom. The number of benzene rings is 3. The molecule has 0 unspecified atom stereocenters. The average molecular weight is 366 g/mol. The molecule has 0 fully saturated rings. The van der Waals surface area contributed by atoms with Gasteiger partial charge in [0.15, 0.2) is 6.61 Å². The zero-order chi connectivity index (χ0) is 18.4. The van der Waals surface area contributed by atoms with Crippen LogP contribution in [0.4, 0.5) is 5.69 Å². The van der Waals surface area contributed by atoms with Gasteiger partial charge in [-0.25, -0.2) is 4.79 Å². The van der Waals surface area contributed by atoms with Gasteiger partial charge in [-0.1, -0.05) is 60.1 Å². The Kier molecular flexibility index (Phi) is 5.66. The maximum absolute atomic E-state index is 12.0. The van der Waals surface area contributed by atoms with E-state index >= 15 is 0 Å². The molecular weight excluding hydrogens is 350 g/mol. The van der Waals surface area contributed by atoms with Gasteiger partial charge in [0.25, 0.3) is 5.91 Å². The highest BCUT2D eigenvalue weighted by molar-refractivity contribution is 6.30. The summed E-state index contributed by atoms with van der Waals surface area (Å²) in [6, 6.07) is 20.4. The molecule has 3 rings (SSSR count). The molecule has 1 amide bonds. The van der Waals surface area contributed by atoms with E-state index < -0.39 is 11.9 Å². The van der Waals surface area contributed by atoms with Crippen molar-refractivity contribution in [3.05, 3.63) is 83.4 Å². The lowest BCUT2D eigenvalue weighted by molar-refractivity contribution is -0.142. The first-order valence-electron chi connectivity index (χ1n) is 8.00. The number of hydrogen-bond donors (Lipinski definition) is 1. The van der Waals surface area contributed by atoms with Crippen molar-refractivity contribution < 1.29 is 14.3 Å². The van der Waals surface area contributed by atoms with Gasteiger partial charge in [0.1, 0.15) is 0 Å². The fraction of sp³-hybridized carbons (Fsp3) is 0.0476. The predicted octanol–water partition coefficient (Wildman–Crippen LogP) is 4.69. The fourth-order valence-corrected chi connectivity index (χ4v) is 2.57. The Balaban J connectivity index is 1.55. The van der Waals surface area contributed by atoms with Crippen LogP contribution in [-0.4, -0.2) is 18.5 Å². The Morgan fingerprint density at radius 1 is 0.962 bits per heavy atom. The highest BCUT2D eigenvalue weighted by atomic mass is 35.5. The molecule has 130 valence electrons. The largest absolute Gasteiger partial charge is 0.452 e. The van der Waals surface area contributed by atoms with Crippen molar-refractivity contribution in [1.29, 1.82) is 0 Å². The molecule has 0 heterocycles. The molecule has 26 heavy (non-hydrogen) atoms. The molecule has 0 radical (unpaired) electrons.